The van der Waals surface area contributed by atoms with Crippen molar-refractivity contribution in [3.63, 3.8) is 0 Å². The Balaban J connectivity index is 3.08. The number of amides is 1. The van der Waals surface area contributed by atoms with Crippen LogP contribution in [-0.2, 0) is 11.2 Å². The Bertz CT molecular complexity index is 284. The highest BCUT2D eigenvalue weighted by Crippen LogP contribution is 2.15. The number of carbonyl (C=O) groups excluding carboxylic acids is 1. The lowest BCUT2D eigenvalue weighted by atomic mass is 10.1. The Hall–Kier alpha value is -1.38. The van der Waals surface area contributed by atoms with Gasteiger partial charge in [0.15, 0.2) is 0 Å². The van der Waals surface area contributed by atoms with Crippen LogP contribution in [0.3, 0.4) is 0 Å². The van der Waals surface area contributed by atoms with Crippen molar-refractivity contribution in [1.82, 2.24) is 4.98 Å². The monoisotopic (exact) mass is 164 g/mol. The summed E-state index contributed by atoms with van der Waals surface area (Å²) in [6, 6.07) is 1.94. The Kier molecular flexibility index (Phi) is 2.80. The smallest absolute Gasteiger partial charge is 0.212 e. The van der Waals surface area contributed by atoms with Gasteiger partial charge in [0, 0.05) is 6.20 Å². The molecule has 0 atom stereocenters. The second kappa shape index (κ2) is 3.85. The van der Waals surface area contributed by atoms with E-state index in [9.17, 15) is 4.79 Å². The van der Waals surface area contributed by atoms with E-state index in [1.807, 2.05) is 19.9 Å². The fraction of sp³-hybridized carbons (Fsp3) is 0.333. The minimum atomic E-state index is 0.654. The first-order chi connectivity index (χ1) is 5.79. The molecule has 0 saturated carbocycles. The van der Waals surface area contributed by atoms with Crippen molar-refractivity contribution in [2.75, 3.05) is 5.32 Å². The van der Waals surface area contributed by atoms with E-state index in [-0.39, 0.29) is 0 Å². The molecular formula is C9H12N2O. The molecule has 12 heavy (non-hydrogen) atoms. The van der Waals surface area contributed by atoms with Gasteiger partial charge in [-0.1, -0.05) is 6.92 Å². The Morgan fingerprint density at radius 1 is 1.67 bits per heavy atom. The van der Waals surface area contributed by atoms with E-state index < -0.39 is 0 Å². The first-order valence-corrected chi connectivity index (χ1v) is 3.94. The number of nitrogens with one attached hydrogen (secondary N) is 1. The Labute approximate surface area is 71.8 Å². The van der Waals surface area contributed by atoms with Crippen molar-refractivity contribution in [3.8, 4) is 0 Å². The number of hydrogen-bond donors (Lipinski definition) is 1. The second-order valence-electron chi connectivity index (χ2n) is 2.57. The molecule has 0 fully saturated rings. The summed E-state index contributed by atoms with van der Waals surface area (Å²) in [7, 11) is 0. The normalized spacial score (nSPS) is 9.50. The lowest BCUT2D eigenvalue weighted by Crippen LogP contribution is -2.02. The molecule has 1 rings (SSSR count). The molecule has 0 radical (unpaired) electrons. The third-order valence-corrected chi connectivity index (χ3v) is 1.84. The summed E-state index contributed by atoms with van der Waals surface area (Å²) in [6.07, 6.45) is 3.23. The summed E-state index contributed by atoms with van der Waals surface area (Å²) in [6.45, 7) is 4.05. The maximum Gasteiger partial charge on any atom is 0.212 e. The Morgan fingerprint density at radius 3 is 3.00 bits per heavy atom. The molecule has 0 unspecified atom stereocenters. The lowest BCUT2D eigenvalue weighted by Gasteiger charge is -2.07. The molecule has 0 aliphatic carbocycles. The second-order valence-corrected chi connectivity index (χ2v) is 2.57. The average Bonchev–Trinajstić information content (AvgIpc) is 2.05. The van der Waals surface area contributed by atoms with E-state index in [1.165, 1.54) is 0 Å². The number of carbonyl (C=O) groups is 1. The summed E-state index contributed by atoms with van der Waals surface area (Å²) in [4.78, 5) is 14.3. The van der Waals surface area contributed by atoms with Crippen LogP contribution in [0.25, 0.3) is 0 Å². The molecule has 1 amide bonds. The van der Waals surface area contributed by atoms with E-state index in [0.29, 0.717) is 12.2 Å². The standard InChI is InChI=1S/C9H12N2O/c1-3-8-7(2)4-5-10-9(8)11-6-12/h4-6H,3H2,1-2H3,(H,10,11,12). The van der Waals surface area contributed by atoms with Crippen LogP contribution in [0.1, 0.15) is 18.1 Å². The maximum atomic E-state index is 10.2. The number of hydrogen-bond acceptors (Lipinski definition) is 2. The van der Waals surface area contributed by atoms with Crippen molar-refractivity contribution in [2.45, 2.75) is 20.3 Å². The molecule has 0 bridgehead atoms. The van der Waals surface area contributed by atoms with Crippen molar-refractivity contribution in [1.29, 1.82) is 0 Å². The van der Waals surface area contributed by atoms with Gasteiger partial charge in [-0.25, -0.2) is 4.98 Å². The molecule has 0 aliphatic heterocycles. The SMILES string of the molecule is CCc1c(C)ccnc1NC=O. The summed E-state index contributed by atoms with van der Waals surface area (Å²) >= 11 is 0. The molecule has 3 nitrogen and oxygen atoms in total. The quantitative estimate of drug-likeness (QED) is 0.688. The summed E-state index contributed by atoms with van der Waals surface area (Å²) in [5.41, 5.74) is 2.27. The van der Waals surface area contributed by atoms with Gasteiger partial charge in [-0.05, 0) is 30.5 Å². The first-order valence-electron chi connectivity index (χ1n) is 3.94. The summed E-state index contributed by atoms with van der Waals surface area (Å²) < 4.78 is 0. The minimum Gasteiger partial charge on any atom is -0.313 e. The van der Waals surface area contributed by atoms with Gasteiger partial charge in [0.05, 0.1) is 0 Å². The van der Waals surface area contributed by atoms with Crippen LogP contribution < -0.4 is 5.32 Å². The Morgan fingerprint density at radius 2 is 2.42 bits per heavy atom. The molecule has 1 heterocycles. The number of nitrogens with zero attached hydrogens (tertiary/aromatic N) is 1. The number of pyridine rings is 1. The highest BCUT2D eigenvalue weighted by atomic mass is 16.1. The minimum absolute atomic E-state index is 0.654. The largest absolute Gasteiger partial charge is 0.313 e. The zero-order valence-electron chi connectivity index (χ0n) is 7.29. The van der Waals surface area contributed by atoms with Crippen LogP contribution in [0.4, 0.5) is 5.82 Å². The van der Waals surface area contributed by atoms with Gasteiger partial charge in [-0.2, -0.15) is 0 Å². The van der Waals surface area contributed by atoms with Gasteiger partial charge in [0.2, 0.25) is 6.41 Å². The summed E-state index contributed by atoms with van der Waals surface area (Å²) in [5, 5.41) is 2.58. The number of rotatable bonds is 3. The predicted molar refractivity (Wildman–Crippen MR) is 48.0 cm³/mol. The van der Waals surface area contributed by atoms with Crippen LogP contribution in [0.5, 0.6) is 0 Å². The van der Waals surface area contributed by atoms with E-state index >= 15 is 0 Å². The van der Waals surface area contributed by atoms with Gasteiger partial charge in [0.25, 0.3) is 0 Å². The van der Waals surface area contributed by atoms with Gasteiger partial charge in [-0.15, -0.1) is 0 Å². The van der Waals surface area contributed by atoms with Crippen molar-refractivity contribution >= 4 is 12.2 Å². The van der Waals surface area contributed by atoms with Gasteiger partial charge in [0.1, 0.15) is 5.82 Å². The molecule has 1 aromatic rings. The van der Waals surface area contributed by atoms with Crippen molar-refractivity contribution in [2.24, 2.45) is 0 Å². The van der Waals surface area contributed by atoms with Crippen LogP contribution in [0.2, 0.25) is 0 Å². The van der Waals surface area contributed by atoms with E-state index in [0.717, 1.165) is 17.5 Å². The van der Waals surface area contributed by atoms with Crippen LogP contribution in [-0.4, -0.2) is 11.4 Å². The molecule has 1 aromatic heterocycles. The fourth-order valence-electron chi connectivity index (χ4n) is 1.22. The van der Waals surface area contributed by atoms with Gasteiger partial charge in [-0.3, -0.25) is 4.79 Å². The molecule has 0 saturated heterocycles. The zero-order chi connectivity index (χ0) is 8.97. The van der Waals surface area contributed by atoms with Crippen molar-refractivity contribution < 1.29 is 4.79 Å². The molecule has 0 spiro atoms. The molecule has 0 aliphatic rings. The van der Waals surface area contributed by atoms with E-state index in [4.69, 9.17) is 0 Å². The molecule has 64 valence electrons. The number of aryl methyl sites for hydroxylation is 1. The van der Waals surface area contributed by atoms with Crippen molar-refractivity contribution in [3.05, 3.63) is 23.4 Å². The van der Waals surface area contributed by atoms with Gasteiger partial charge >= 0.3 is 0 Å². The molecule has 0 aromatic carbocycles. The van der Waals surface area contributed by atoms with Gasteiger partial charge < -0.3 is 5.32 Å². The zero-order valence-corrected chi connectivity index (χ0v) is 7.29. The van der Waals surface area contributed by atoms with Crippen LogP contribution >= 0.6 is 0 Å². The fourth-order valence-corrected chi connectivity index (χ4v) is 1.22. The predicted octanol–water partition coefficient (Wildman–Crippen LogP) is 1.52. The lowest BCUT2D eigenvalue weighted by molar-refractivity contribution is -0.105. The van der Waals surface area contributed by atoms with E-state index in [1.54, 1.807) is 6.20 Å². The highest BCUT2D eigenvalue weighted by Gasteiger charge is 2.02. The topological polar surface area (TPSA) is 42.0 Å². The molecular weight excluding hydrogens is 152 g/mol. The molecule has 3 heteroatoms. The number of anilines is 1. The first kappa shape index (κ1) is 8.71. The highest BCUT2D eigenvalue weighted by molar-refractivity contribution is 5.71. The third kappa shape index (κ3) is 1.61. The summed E-state index contributed by atoms with van der Waals surface area (Å²) in [5.74, 6) is 0.674. The third-order valence-electron chi connectivity index (χ3n) is 1.84. The average molecular weight is 164 g/mol. The van der Waals surface area contributed by atoms with Crippen LogP contribution in [0.15, 0.2) is 12.3 Å². The maximum absolute atomic E-state index is 10.2. The van der Waals surface area contributed by atoms with Crippen LogP contribution in [0, 0.1) is 6.92 Å². The number of aromatic nitrogens is 1. The molecule has 1 N–H and O–H groups in total. The van der Waals surface area contributed by atoms with E-state index in [2.05, 4.69) is 10.3 Å².